The number of aliphatic carboxylic acids is 1. The molecule has 4 aromatic rings. The van der Waals surface area contributed by atoms with Crippen molar-refractivity contribution in [3.05, 3.63) is 86.6 Å². The highest BCUT2D eigenvalue weighted by atomic mass is 35.5. The van der Waals surface area contributed by atoms with E-state index in [-0.39, 0.29) is 37.7 Å². The van der Waals surface area contributed by atoms with Crippen LogP contribution in [0.1, 0.15) is 24.9 Å². The average molecular weight is 714 g/mol. The smallest absolute Gasteiger partial charge is 0.417 e. The third-order valence-corrected chi connectivity index (χ3v) is 6.71. The fourth-order valence-corrected chi connectivity index (χ4v) is 4.54. The lowest BCUT2D eigenvalue weighted by molar-refractivity contribution is -0.144. The van der Waals surface area contributed by atoms with Gasteiger partial charge in [0.2, 0.25) is 15.9 Å². The number of hydrogen-bond donors (Lipinski definition) is 2. The highest BCUT2D eigenvalue weighted by Crippen LogP contribution is 2.32. The normalized spacial score (nSPS) is 12.2. The van der Waals surface area contributed by atoms with Crippen molar-refractivity contribution in [2.45, 2.75) is 32.7 Å². The van der Waals surface area contributed by atoms with Crippen LogP contribution in [-0.4, -0.2) is 51.2 Å². The van der Waals surface area contributed by atoms with Crippen LogP contribution in [0.4, 0.5) is 27.6 Å². The number of carboxylic acids is 1. The van der Waals surface area contributed by atoms with Crippen molar-refractivity contribution in [2.75, 3.05) is 11.0 Å². The summed E-state index contributed by atoms with van der Waals surface area (Å²) in [6, 6.07) is 10.2. The second kappa shape index (κ2) is 14.3. The Hall–Kier alpha value is -4.42. The summed E-state index contributed by atoms with van der Waals surface area (Å²) < 4.78 is 99.0. The first kappa shape index (κ1) is 36.1. The van der Waals surface area contributed by atoms with Gasteiger partial charge in [-0.25, -0.2) is 27.6 Å². The van der Waals surface area contributed by atoms with Gasteiger partial charge in [0.1, 0.15) is 17.3 Å². The molecule has 0 aliphatic heterocycles. The predicted octanol–water partition coefficient (Wildman–Crippen LogP) is 6.16. The minimum Gasteiger partial charge on any atom is -0.479 e. The van der Waals surface area contributed by atoms with Crippen LogP contribution in [0.5, 0.6) is 17.4 Å². The Morgan fingerprint density at radius 1 is 1.04 bits per heavy atom. The first-order chi connectivity index (χ1) is 21.3. The summed E-state index contributed by atoms with van der Waals surface area (Å²) in [5, 5.41) is 12.4. The molecule has 0 aliphatic carbocycles. The fraction of sp³-hybridized carbons (Fsp3) is 0.231. The molecule has 0 saturated heterocycles. The highest BCUT2D eigenvalue weighted by Gasteiger charge is 2.30. The van der Waals surface area contributed by atoms with Gasteiger partial charge in [-0.1, -0.05) is 23.2 Å². The number of benzene rings is 2. The zero-order chi connectivity index (χ0) is 34.6. The summed E-state index contributed by atoms with van der Waals surface area (Å²) >= 11 is 11.8. The van der Waals surface area contributed by atoms with E-state index >= 15 is 0 Å². The van der Waals surface area contributed by atoms with Crippen LogP contribution in [-0.2, 0) is 21.0 Å². The van der Waals surface area contributed by atoms with E-state index in [9.17, 15) is 40.0 Å². The molecule has 12 nitrogen and oxygen atoms in total. The van der Waals surface area contributed by atoms with E-state index in [0.29, 0.717) is 22.4 Å². The summed E-state index contributed by atoms with van der Waals surface area (Å²) in [5.41, 5.74) is -2.14. The molecule has 0 saturated carbocycles. The summed E-state index contributed by atoms with van der Waals surface area (Å²) in [6.07, 6.45) is -3.87. The Morgan fingerprint density at radius 3 is 2.13 bits per heavy atom. The van der Waals surface area contributed by atoms with E-state index in [1.54, 1.807) is 0 Å². The number of rotatable bonds is 9. The lowest BCUT2D eigenvalue weighted by Gasteiger charge is -2.11. The molecule has 0 radical (unpaired) electrons. The number of aryl methyl sites for hydroxylation is 1. The van der Waals surface area contributed by atoms with Crippen molar-refractivity contribution in [1.29, 1.82) is 0 Å². The summed E-state index contributed by atoms with van der Waals surface area (Å²) in [4.78, 5) is 26.3. The molecule has 2 aromatic carbocycles. The van der Waals surface area contributed by atoms with Gasteiger partial charge in [-0.15, -0.1) is 5.10 Å². The number of halogens is 7. The van der Waals surface area contributed by atoms with Gasteiger partial charge in [-0.05, 0) is 56.3 Å². The van der Waals surface area contributed by atoms with Gasteiger partial charge in [0, 0.05) is 12.3 Å². The molecule has 0 bridgehead atoms. The van der Waals surface area contributed by atoms with Crippen molar-refractivity contribution < 1.29 is 49.7 Å². The number of hydrogen-bond acceptors (Lipinski definition) is 8. The summed E-state index contributed by atoms with van der Waals surface area (Å²) in [7, 11) is -3.65. The molecule has 0 spiro atoms. The monoisotopic (exact) mass is 713 g/mol. The average Bonchev–Trinajstić information content (AvgIpc) is 3.24. The van der Waals surface area contributed by atoms with Crippen LogP contribution in [0.25, 0.3) is 5.69 Å². The van der Waals surface area contributed by atoms with Crippen LogP contribution in [0.15, 0.2) is 59.5 Å². The van der Waals surface area contributed by atoms with Crippen molar-refractivity contribution in [3.63, 3.8) is 0 Å². The van der Waals surface area contributed by atoms with E-state index < -0.39 is 46.1 Å². The largest absolute Gasteiger partial charge is 0.479 e. The SMILES string of the molecule is CC(Oc1ccc(Oc2ccc(C(F)(F)F)cn2)cc1)C(=O)O.Cc1nn(-c2cc(NS(C)(=O)=O)c(Cl)cc2Cl)c(=O)n1C(F)F. The molecule has 4 rings (SSSR count). The van der Waals surface area contributed by atoms with Gasteiger partial charge < -0.3 is 14.6 Å². The van der Waals surface area contributed by atoms with Gasteiger partial charge in [0.05, 0.1) is 33.2 Å². The Labute approximate surface area is 267 Å². The molecule has 2 aromatic heterocycles. The van der Waals surface area contributed by atoms with Crippen LogP contribution in [0.2, 0.25) is 10.0 Å². The number of alkyl halides is 5. The molecule has 1 atom stereocenters. The molecule has 248 valence electrons. The molecule has 2 N–H and O–H groups in total. The first-order valence-electron chi connectivity index (χ1n) is 12.4. The number of sulfonamides is 1. The maximum absolute atomic E-state index is 12.8. The Bertz CT molecular complexity index is 1870. The van der Waals surface area contributed by atoms with E-state index in [1.165, 1.54) is 44.2 Å². The third-order valence-electron chi connectivity index (χ3n) is 5.51. The second-order valence-electron chi connectivity index (χ2n) is 9.10. The number of pyridine rings is 1. The van der Waals surface area contributed by atoms with E-state index in [4.69, 9.17) is 37.8 Å². The number of carbonyl (C=O) groups is 1. The molecule has 0 amide bonds. The Morgan fingerprint density at radius 2 is 1.65 bits per heavy atom. The number of carboxylic acid groups (broad SMARTS) is 1. The first-order valence-corrected chi connectivity index (χ1v) is 15.1. The Balaban J connectivity index is 0.000000250. The number of nitrogens with zero attached hydrogens (tertiary/aromatic N) is 4. The van der Waals surface area contributed by atoms with Crippen LogP contribution < -0.4 is 19.9 Å². The van der Waals surface area contributed by atoms with Crippen molar-refractivity contribution in [1.82, 2.24) is 19.3 Å². The van der Waals surface area contributed by atoms with E-state index in [2.05, 4.69) is 14.8 Å². The Kier molecular flexibility index (Phi) is 11.2. The van der Waals surface area contributed by atoms with Crippen molar-refractivity contribution in [2.24, 2.45) is 0 Å². The third kappa shape index (κ3) is 9.54. The van der Waals surface area contributed by atoms with Gasteiger partial charge in [-0.3, -0.25) is 4.72 Å². The van der Waals surface area contributed by atoms with Gasteiger partial charge in [0.25, 0.3) is 0 Å². The lowest BCUT2D eigenvalue weighted by Crippen LogP contribution is -2.25. The second-order valence-corrected chi connectivity index (χ2v) is 11.7. The van der Waals surface area contributed by atoms with Crippen LogP contribution in [0.3, 0.4) is 0 Å². The summed E-state index contributed by atoms with van der Waals surface area (Å²) in [6.45, 7) is -0.460. The number of aromatic nitrogens is 4. The number of ether oxygens (including phenoxy) is 2. The van der Waals surface area contributed by atoms with Gasteiger partial charge in [0.15, 0.2) is 6.10 Å². The minimum absolute atomic E-state index is 0.00516. The zero-order valence-electron chi connectivity index (χ0n) is 23.6. The topological polar surface area (TPSA) is 155 Å². The lowest BCUT2D eigenvalue weighted by atomic mass is 10.3. The zero-order valence-corrected chi connectivity index (χ0v) is 25.9. The summed E-state index contributed by atoms with van der Waals surface area (Å²) in [5.74, 6) is -0.668. The molecule has 46 heavy (non-hydrogen) atoms. The number of anilines is 1. The molecular formula is C26H22Cl2F5N5O7S. The maximum Gasteiger partial charge on any atom is 0.417 e. The van der Waals surface area contributed by atoms with Crippen molar-refractivity contribution in [3.8, 4) is 23.1 Å². The quantitative estimate of drug-likeness (QED) is 0.194. The van der Waals surface area contributed by atoms with Crippen molar-refractivity contribution >= 4 is 44.9 Å². The number of nitrogens with one attached hydrogen (secondary N) is 1. The molecule has 0 fully saturated rings. The standard InChI is InChI=1S/C15H12F3NO4.C11H10Cl2F2N4O3S/c1-9(14(20)21)22-11-3-5-12(6-4-11)23-13-7-2-10(8-19-13)15(16,17)18;1-5-16-19(11(20)18(5)10(14)15)9-4-8(17-23(2,21)22)6(12)3-7(9)13/h2-9H,1H3,(H,20,21);3-4,10,17H,1-2H3. The van der Waals surface area contributed by atoms with E-state index in [0.717, 1.165) is 24.5 Å². The molecule has 1 unspecified atom stereocenters. The minimum atomic E-state index is -4.45. The van der Waals surface area contributed by atoms with Gasteiger partial charge in [-0.2, -0.15) is 26.6 Å². The molecule has 0 aliphatic rings. The van der Waals surface area contributed by atoms with Crippen LogP contribution in [0, 0.1) is 6.92 Å². The van der Waals surface area contributed by atoms with E-state index in [1.807, 2.05) is 0 Å². The fourth-order valence-electron chi connectivity index (χ4n) is 3.41. The van der Waals surface area contributed by atoms with Crippen LogP contribution >= 0.6 is 23.2 Å². The molecule has 20 heteroatoms. The molecule has 2 heterocycles. The molecular weight excluding hydrogens is 692 g/mol. The maximum atomic E-state index is 12.8. The predicted molar refractivity (Wildman–Crippen MR) is 156 cm³/mol. The highest BCUT2D eigenvalue weighted by molar-refractivity contribution is 7.92. The van der Waals surface area contributed by atoms with Gasteiger partial charge >= 0.3 is 24.4 Å².